The Morgan fingerprint density at radius 1 is 1.32 bits per heavy atom. The van der Waals surface area contributed by atoms with Crippen LogP contribution in [-0.2, 0) is 0 Å². The van der Waals surface area contributed by atoms with E-state index in [1.165, 1.54) is 4.57 Å². The zero-order chi connectivity index (χ0) is 20.3. The van der Waals surface area contributed by atoms with E-state index in [1.807, 2.05) is 0 Å². The Kier molecular flexibility index (Phi) is 4.67. The number of halogens is 2. The van der Waals surface area contributed by atoms with Crippen LogP contribution in [0, 0.1) is 5.92 Å². The maximum Gasteiger partial charge on any atom is 0.328 e. The van der Waals surface area contributed by atoms with Crippen LogP contribution in [0.15, 0.2) is 15.4 Å². The number of likely N-dealkylation sites (tertiary alicyclic amines) is 1. The first-order chi connectivity index (χ1) is 13.3. The maximum absolute atomic E-state index is 15.3. The summed E-state index contributed by atoms with van der Waals surface area (Å²) in [6.45, 7) is 1.46. The molecular formula is C18H25F2N5O3. The lowest BCUT2D eigenvalue weighted by molar-refractivity contribution is 0.181. The SMILES string of the molecule is CC1c2c(c(=O)[nH]c(=O)n2C2CC2)C(N)=C(F)C1N1CC(F)C(C(N)CO)C1. The Morgan fingerprint density at radius 2 is 2.00 bits per heavy atom. The van der Waals surface area contributed by atoms with E-state index in [0.29, 0.717) is 5.69 Å². The second-order valence-corrected chi connectivity index (χ2v) is 8.10. The molecule has 0 radical (unpaired) electrons. The fourth-order valence-electron chi connectivity index (χ4n) is 4.68. The number of aromatic amines is 1. The second kappa shape index (κ2) is 6.78. The monoisotopic (exact) mass is 397 g/mol. The minimum Gasteiger partial charge on any atom is -0.396 e. The normalized spacial score (nSPS) is 31.9. The van der Waals surface area contributed by atoms with E-state index in [9.17, 15) is 19.1 Å². The molecule has 0 spiro atoms. The summed E-state index contributed by atoms with van der Waals surface area (Å²) >= 11 is 0. The van der Waals surface area contributed by atoms with Crippen LogP contribution in [0.3, 0.4) is 0 Å². The van der Waals surface area contributed by atoms with Crippen molar-refractivity contribution in [3.05, 3.63) is 37.9 Å². The molecule has 3 aliphatic rings. The number of aliphatic hydroxyl groups excluding tert-OH is 1. The molecule has 5 atom stereocenters. The van der Waals surface area contributed by atoms with Crippen molar-refractivity contribution in [2.24, 2.45) is 17.4 Å². The van der Waals surface area contributed by atoms with Crippen molar-refractivity contribution >= 4 is 5.70 Å². The third-order valence-electron chi connectivity index (χ3n) is 6.26. The fraction of sp³-hybridized carbons (Fsp3) is 0.667. The molecule has 2 fully saturated rings. The van der Waals surface area contributed by atoms with Gasteiger partial charge in [-0.25, -0.2) is 13.6 Å². The number of nitrogens with zero attached hydrogens (tertiary/aromatic N) is 2. The van der Waals surface area contributed by atoms with Gasteiger partial charge in [-0.3, -0.25) is 19.2 Å². The van der Waals surface area contributed by atoms with Crippen LogP contribution >= 0.6 is 0 Å². The average molecular weight is 397 g/mol. The highest BCUT2D eigenvalue weighted by atomic mass is 19.1. The summed E-state index contributed by atoms with van der Waals surface area (Å²) in [4.78, 5) is 28.6. The van der Waals surface area contributed by atoms with Crippen LogP contribution in [-0.4, -0.2) is 57.5 Å². The van der Waals surface area contributed by atoms with Crippen molar-refractivity contribution in [2.75, 3.05) is 19.7 Å². The van der Waals surface area contributed by atoms with Gasteiger partial charge in [-0.15, -0.1) is 0 Å². The summed E-state index contributed by atoms with van der Waals surface area (Å²) in [5.41, 5.74) is 10.7. The first-order valence-electron chi connectivity index (χ1n) is 9.55. The van der Waals surface area contributed by atoms with Crippen molar-refractivity contribution in [1.82, 2.24) is 14.5 Å². The zero-order valence-corrected chi connectivity index (χ0v) is 15.6. The van der Waals surface area contributed by atoms with E-state index >= 15 is 4.39 Å². The van der Waals surface area contributed by atoms with Gasteiger partial charge in [0.25, 0.3) is 5.56 Å². The van der Waals surface area contributed by atoms with Gasteiger partial charge in [0.2, 0.25) is 0 Å². The summed E-state index contributed by atoms with van der Waals surface area (Å²) in [6, 6.07) is -1.69. The summed E-state index contributed by atoms with van der Waals surface area (Å²) in [6.07, 6.45) is 0.284. The van der Waals surface area contributed by atoms with E-state index in [1.54, 1.807) is 11.8 Å². The molecule has 1 aromatic heterocycles. The number of alkyl halides is 1. The molecule has 5 unspecified atom stereocenters. The molecule has 8 nitrogen and oxygen atoms in total. The predicted molar refractivity (Wildman–Crippen MR) is 99.0 cm³/mol. The van der Waals surface area contributed by atoms with Gasteiger partial charge in [0.05, 0.1) is 23.9 Å². The van der Waals surface area contributed by atoms with Gasteiger partial charge >= 0.3 is 5.69 Å². The van der Waals surface area contributed by atoms with Gasteiger partial charge in [-0.05, 0) is 12.8 Å². The lowest BCUT2D eigenvalue weighted by Gasteiger charge is -2.37. The fourth-order valence-corrected chi connectivity index (χ4v) is 4.68. The van der Waals surface area contributed by atoms with Gasteiger partial charge in [0.1, 0.15) is 12.0 Å². The molecule has 154 valence electrons. The van der Waals surface area contributed by atoms with Gasteiger partial charge < -0.3 is 16.6 Å². The number of H-pyrrole nitrogens is 1. The lowest BCUT2D eigenvalue weighted by Crippen LogP contribution is -2.47. The van der Waals surface area contributed by atoms with Gasteiger partial charge in [0, 0.05) is 42.7 Å². The molecule has 0 bridgehead atoms. The topological polar surface area (TPSA) is 130 Å². The third-order valence-corrected chi connectivity index (χ3v) is 6.26. The molecule has 0 amide bonds. The summed E-state index contributed by atoms with van der Waals surface area (Å²) in [7, 11) is 0. The Balaban J connectivity index is 1.79. The Labute approximate surface area is 159 Å². The van der Waals surface area contributed by atoms with E-state index in [2.05, 4.69) is 4.98 Å². The number of nitrogens with two attached hydrogens (primary N) is 2. The van der Waals surface area contributed by atoms with Gasteiger partial charge in [-0.2, -0.15) is 0 Å². The molecule has 2 heterocycles. The molecule has 10 heteroatoms. The smallest absolute Gasteiger partial charge is 0.328 e. The van der Waals surface area contributed by atoms with E-state index in [0.717, 1.165) is 12.8 Å². The highest BCUT2D eigenvalue weighted by molar-refractivity contribution is 5.70. The standard InChI is InChI=1S/C18H25F2N5O3/c1-7-15-12(17(27)23-18(28)25(15)8-2-3-8)14(22)13(20)16(7)24-4-9(10(19)5-24)11(21)6-26/h7-11,16,26H,2-6,21-22H2,1H3,(H,23,27,28). The highest BCUT2D eigenvalue weighted by Crippen LogP contribution is 2.44. The minimum absolute atomic E-state index is 0.00708. The number of fused-ring (bicyclic) bond motifs is 1. The molecule has 1 aromatic rings. The Morgan fingerprint density at radius 3 is 2.61 bits per heavy atom. The predicted octanol–water partition coefficient (Wildman–Crippen LogP) is -0.456. The molecule has 0 aromatic carbocycles. The molecule has 1 saturated heterocycles. The lowest BCUT2D eigenvalue weighted by atomic mass is 9.85. The van der Waals surface area contributed by atoms with Crippen molar-refractivity contribution in [3.8, 4) is 0 Å². The Hall–Kier alpha value is -2.04. The van der Waals surface area contributed by atoms with Crippen LogP contribution in [0.4, 0.5) is 8.78 Å². The van der Waals surface area contributed by atoms with Crippen LogP contribution in [0.2, 0.25) is 0 Å². The van der Waals surface area contributed by atoms with E-state index in [-0.39, 0.29) is 37.0 Å². The van der Waals surface area contributed by atoms with Crippen molar-refractivity contribution in [3.63, 3.8) is 0 Å². The van der Waals surface area contributed by atoms with E-state index < -0.39 is 47.2 Å². The second-order valence-electron chi connectivity index (χ2n) is 8.10. The first-order valence-corrected chi connectivity index (χ1v) is 9.55. The molecule has 2 aliphatic carbocycles. The number of nitrogens with one attached hydrogen (secondary N) is 1. The summed E-state index contributed by atoms with van der Waals surface area (Å²) in [5, 5.41) is 9.26. The molecule has 4 rings (SSSR count). The van der Waals surface area contributed by atoms with Crippen molar-refractivity contribution in [1.29, 1.82) is 0 Å². The molecule has 6 N–H and O–H groups in total. The van der Waals surface area contributed by atoms with Crippen LogP contribution < -0.4 is 22.7 Å². The van der Waals surface area contributed by atoms with Crippen LogP contribution in [0.1, 0.15) is 43.0 Å². The molecule has 28 heavy (non-hydrogen) atoms. The summed E-state index contributed by atoms with van der Waals surface area (Å²) < 4.78 is 31.3. The number of hydrogen-bond acceptors (Lipinski definition) is 6. The number of aromatic nitrogens is 2. The van der Waals surface area contributed by atoms with Gasteiger partial charge in [-0.1, -0.05) is 6.92 Å². The Bertz CT molecular complexity index is 938. The molecule has 1 aliphatic heterocycles. The van der Waals surface area contributed by atoms with Crippen molar-refractivity contribution in [2.45, 2.75) is 50.0 Å². The third kappa shape index (κ3) is 2.82. The number of rotatable bonds is 4. The summed E-state index contributed by atoms with van der Waals surface area (Å²) in [5.74, 6) is -1.90. The average Bonchev–Trinajstić information content (AvgIpc) is 3.40. The number of hydrogen-bond donors (Lipinski definition) is 4. The maximum atomic E-state index is 15.3. The largest absolute Gasteiger partial charge is 0.396 e. The zero-order valence-electron chi connectivity index (χ0n) is 15.6. The van der Waals surface area contributed by atoms with Crippen LogP contribution in [0.5, 0.6) is 0 Å². The quantitative estimate of drug-likeness (QED) is 0.544. The molecule has 1 saturated carbocycles. The minimum atomic E-state index is -1.31. The van der Waals surface area contributed by atoms with Crippen LogP contribution in [0.25, 0.3) is 5.70 Å². The number of aliphatic hydroxyl groups is 1. The van der Waals surface area contributed by atoms with Gasteiger partial charge in [0.15, 0.2) is 0 Å². The highest BCUT2D eigenvalue weighted by Gasteiger charge is 2.47. The first kappa shape index (κ1) is 19.3. The molecular weight excluding hydrogens is 372 g/mol. The van der Waals surface area contributed by atoms with E-state index in [4.69, 9.17) is 11.5 Å². The van der Waals surface area contributed by atoms with Crippen molar-refractivity contribution < 1.29 is 13.9 Å².